The summed E-state index contributed by atoms with van der Waals surface area (Å²) in [6.07, 6.45) is 1.80. The Bertz CT molecular complexity index is 1030. The van der Waals surface area contributed by atoms with Crippen LogP contribution in [0.2, 0.25) is 0 Å². The van der Waals surface area contributed by atoms with Gasteiger partial charge in [0.15, 0.2) is 0 Å². The molecule has 2 aliphatic rings. The van der Waals surface area contributed by atoms with Crippen LogP contribution >= 0.6 is 0 Å². The average molecular weight is 355 g/mol. The quantitative estimate of drug-likeness (QED) is 0.910. The molecule has 1 atom stereocenters. The van der Waals surface area contributed by atoms with Gasteiger partial charge in [0.25, 0.3) is 10.0 Å². The number of sulfonamides is 1. The van der Waals surface area contributed by atoms with Crippen molar-refractivity contribution < 1.29 is 13.2 Å². The van der Waals surface area contributed by atoms with Crippen LogP contribution in [-0.2, 0) is 14.8 Å². The number of hydrogen-bond acceptors (Lipinski definition) is 4. The van der Waals surface area contributed by atoms with Crippen molar-refractivity contribution >= 4 is 32.4 Å². The van der Waals surface area contributed by atoms with E-state index in [0.29, 0.717) is 11.1 Å². The Morgan fingerprint density at radius 2 is 2.00 bits per heavy atom. The Labute approximate surface area is 146 Å². The first-order chi connectivity index (χ1) is 11.9. The number of nitrogens with zero attached hydrogens (tertiary/aromatic N) is 2. The van der Waals surface area contributed by atoms with E-state index in [2.05, 4.69) is 11.4 Å². The first-order valence-electron chi connectivity index (χ1n) is 8.13. The van der Waals surface area contributed by atoms with Gasteiger partial charge in [0.05, 0.1) is 16.7 Å². The molecule has 1 aliphatic heterocycles. The van der Waals surface area contributed by atoms with Gasteiger partial charge in [0, 0.05) is 5.39 Å². The van der Waals surface area contributed by atoms with E-state index in [1.807, 2.05) is 12.1 Å². The Morgan fingerprint density at radius 1 is 1.32 bits per heavy atom. The van der Waals surface area contributed by atoms with Gasteiger partial charge >= 0.3 is 0 Å². The Balaban J connectivity index is 1.67. The highest BCUT2D eigenvalue weighted by Gasteiger charge is 2.44. The lowest BCUT2D eigenvalue weighted by Crippen LogP contribution is -2.50. The van der Waals surface area contributed by atoms with Crippen LogP contribution in [0.15, 0.2) is 41.3 Å². The van der Waals surface area contributed by atoms with Gasteiger partial charge in [-0.1, -0.05) is 24.3 Å². The van der Waals surface area contributed by atoms with Crippen molar-refractivity contribution in [1.82, 2.24) is 5.32 Å². The number of benzene rings is 2. The Morgan fingerprint density at radius 3 is 2.64 bits per heavy atom. The number of amides is 1. The van der Waals surface area contributed by atoms with Gasteiger partial charge in [-0.25, -0.2) is 8.42 Å². The number of rotatable bonds is 4. The van der Waals surface area contributed by atoms with Crippen molar-refractivity contribution in [2.24, 2.45) is 5.92 Å². The van der Waals surface area contributed by atoms with Crippen LogP contribution in [-0.4, -0.2) is 26.4 Å². The van der Waals surface area contributed by atoms with Crippen molar-refractivity contribution in [3.63, 3.8) is 0 Å². The summed E-state index contributed by atoms with van der Waals surface area (Å²) in [6.45, 7) is 1.36. The maximum Gasteiger partial charge on any atom is 0.265 e. The summed E-state index contributed by atoms with van der Waals surface area (Å²) >= 11 is 0. The average Bonchev–Trinajstić information content (AvgIpc) is 3.41. The number of nitriles is 1. The third-order valence-electron chi connectivity index (χ3n) is 4.99. The number of anilines is 1. The summed E-state index contributed by atoms with van der Waals surface area (Å²) in [5.74, 6) is -0.332. The van der Waals surface area contributed by atoms with Crippen LogP contribution < -0.4 is 9.62 Å². The van der Waals surface area contributed by atoms with Crippen LogP contribution in [0.5, 0.6) is 0 Å². The van der Waals surface area contributed by atoms with E-state index in [1.165, 1.54) is 0 Å². The second-order valence-corrected chi connectivity index (χ2v) is 8.61. The minimum atomic E-state index is -3.77. The van der Waals surface area contributed by atoms with E-state index in [0.717, 1.165) is 22.5 Å². The van der Waals surface area contributed by atoms with Crippen LogP contribution in [0.25, 0.3) is 10.8 Å². The topological polar surface area (TPSA) is 90.3 Å². The zero-order chi connectivity index (χ0) is 17.8. The molecule has 0 saturated heterocycles. The molecule has 6 nitrogen and oxygen atoms in total. The molecule has 2 aromatic carbocycles. The molecule has 1 fully saturated rings. The third-order valence-corrected chi connectivity index (χ3v) is 6.80. The molecule has 1 saturated carbocycles. The molecule has 1 unspecified atom stereocenters. The van der Waals surface area contributed by atoms with Gasteiger partial charge in [-0.2, -0.15) is 5.26 Å². The molecule has 128 valence electrons. The molecular formula is C18H17N3O3S. The monoisotopic (exact) mass is 355 g/mol. The van der Waals surface area contributed by atoms with E-state index in [4.69, 9.17) is 0 Å². The first kappa shape index (κ1) is 15.9. The van der Waals surface area contributed by atoms with Gasteiger partial charge in [-0.3, -0.25) is 9.10 Å². The largest absolute Gasteiger partial charge is 0.336 e. The smallest absolute Gasteiger partial charge is 0.265 e. The van der Waals surface area contributed by atoms with Crippen LogP contribution in [0.1, 0.15) is 19.8 Å². The zero-order valence-corrected chi connectivity index (χ0v) is 14.5. The lowest BCUT2D eigenvalue weighted by molar-refractivity contribution is -0.121. The lowest BCUT2D eigenvalue weighted by Gasteiger charge is -2.25. The number of nitrogens with one attached hydrogen (secondary N) is 1. The second kappa shape index (κ2) is 5.20. The van der Waals surface area contributed by atoms with Crippen molar-refractivity contribution in [2.75, 3.05) is 10.8 Å². The summed E-state index contributed by atoms with van der Waals surface area (Å²) in [7, 11) is -3.77. The predicted octanol–water partition coefficient (Wildman–Crippen LogP) is 2.16. The fraction of sp³-hybridized carbons (Fsp3) is 0.333. The molecule has 1 heterocycles. The first-order valence-corrected chi connectivity index (χ1v) is 9.57. The molecule has 1 N–H and O–H groups in total. The highest BCUT2D eigenvalue weighted by molar-refractivity contribution is 7.93. The summed E-state index contributed by atoms with van der Waals surface area (Å²) in [4.78, 5) is 12.7. The SMILES string of the molecule is CC(C#N)(NC(=O)CN1c2cccc3cccc(c23)S1(=O)=O)C1CC1. The van der Waals surface area contributed by atoms with Crippen molar-refractivity contribution in [3.8, 4) is 6.07 Å². The van der Waals surface area contributed by atoms with E-state index >= 15 is 0 Å². The van der Waals surface area contributed by atoms with E-state index in [9.17, 15) is 18.5 Å². The van der Waals surface area contributed by atoms with Crippen LogP contribution in [0, 0.1) is 17.2 Å². The summed E-state index contributed by atoms with van der Waals surface area (Å²) in [5, 5.41) is 13.6. The van der Waals surface area contributed by atoms with Gasteiger partial charge in [0.1, 0.15) is 12.1 Å². The van der Waals surface area contributed by atoms with Gasteiger partial charge < -0.3 is 5.32 Å². The molecule has 0 radical (unpaired) electrons. The highest BCUT2D eigenvalue weighted by atomic mass is 32.2. The fourth-order valence-electron chi connectivity index (χ4n) is 3.47. The molecule has 2 aromatic rings. The normalized spacial score (nSPS) is 20.1. The molecule has 0 spiro atoms. The summed E-state index contributed by atoms with van der Waals surface area (Å²) in [5.41, 5.74) is -0.437. The van der Waals surface area contributed by atoms with E-state index < -0.39 is 21.5 Å². The molecule has 25 heavy (non-hydrogen) atoms. The number of carbonyl (C=O) groups excluding carboxylic acids is 1. The van der Waals surface area contributed by atoms with Crippen molar-refractivity contribution in [1.29, 1.82) is 5.26 Å². The van der Waals surface area contributed by atoms with Gasteiger partial charge in [0.2, 0.25) is 5.91 Å². The highest BCUT2D eigenvalue weighted by Crippen LogP contribution is 2.42. The standard InChI is InChI=1S/C18H17N3O3S/c1-18(11-19,13-8-9-13)20-16(22)10-21-14-6-2-4-12-5-3-7-15(17(12)14)25(21,23)24/h2-7,13H,8-10H2,1H3,(H,20,22). The van der Waals surface area contributed by atoms with Crippen LogP contribution in [0.3, 0.4) is 0 Å². The van der Waals surface area contributed by atoms with E-state index in [-0.39, 0.29) is 17.4 Å². The van der Waals surface area contributed by atoms with Gasteiger partial charge in [-0.15, -0.1) is 0 Å². The second-order valence-electron chi connectivity index (χ2n) is 6.78. The van der Waals surface area contributed by atoms with E-state index in [1.54, 1.807) is 31.2 Å². The number of hydrogen-bond donors (Lipinski definition) is 1. The lowest BCUT2D eigenvalue weighted by atomic mass is 9.98. The zero-order valence-electron chi connectivity index (χ0n) is 13.7. The molecule has 1 aliphatic carbocycles. The molecule has 7 heteroatoms. The maximum absolute atomic E-state index is 12.9. The minimum Gasteiger partial charge on any atom is -0.336 e. The number of carbonyl (C=O) groups is 1. The van der Waals surface area contributed by atoms with Crippen molar-refractivity contribution in [3.05, 3.63) is 36.4 Å². The van der Waals surface area contributed by atoms with Crippen molar-refractivity contribution in [2.45, 2.75) is 30.2 Å². The fourth-order valence-corrected chi connectivity index (χ4v) is 5.14. The minimum absolute atomic E-state index is 0.136. The molecule has 1 amide bonds. The molecule has 0 aromatic heterocycles. The summed E-state index contributed by atoms with van der Waals surface area (Å²) < 4.78 is 26.9. The Kier molecular flexibility index (Phi) is 3.31. The van der Waals surface area contributed by atoms with Crippen LogP contribution in [0.4, 0.5) is 5.69 Å². The summed E-state index contributed by atoms with van der Waals surface area (Å²) in [6, 6.07) is 12.6. The predicted molar refractivity (Wildman–Crippen MR) is 93.4 cm³/mol. The molecular weight excluding hydrogens is 338 g/mol. The molecule has 0 bridgehead atoms. The molecule has 4 rings (SSSR count). The van der Waals surface area contributed by atoms with Gasteiger partial charge in [-0.05, 0) is 43.2 Å². The third kappa shape index (κ3) is 2.36. The Hall–Kier alpha value is -2.59. The maximum atomic E-state index is 12.9.